The average molecular weight is 454 g/mol. The summed E-state index contributed by atoms with van der Waals surface area (Å²) in [6.07, 6.45) is 4.37. The number of rotatable bonds is 9. The molecule has 0 atom stereocenters. The van der Waals surface area contributed by atoms with Crippen molar-refractivity contribution in [2.75, 3.05) is 40.5 Å². The maximum atomic E-state index is 13.7. The predicted octanol–water partition coefficient (Wildman–Crippen LogP) is 2.53. The van der Waals surface area contributed by atoms with Crippen LogP contribution in [0.3, 0.4) is 0 Å². The molecule has 176 valence electrons. The van der Waals surface area contributed by atoms with Gasteiger partial charge in [-0.05, 0) is 57.0 Å². The largest absolute Gasteiger partial charge is 0.492 e. The van der Waals surface area contributed by atoms with Crippen molar-refractivity contribution in [1.82, 2.24) is 15.2 Å². The highest BCUT2D eigenvalue weighted by Gasteiger charge is 2.52. The Bertz CT molecular complexity index is 954. The van der Waals surface area contributed by atoms with Crippen LogP contribution in [0.15, 0.2) is 48.7 Å². The van der Waals surface area contributed by atoms with Crippen molar-refractivity contribution in [3.63, 3.8) is 0 Å². The van der Waals surface area contributed by atoms with Crippen LogP contribution < -0.4 is 10.1 Å². The SMILES string of the molecule is COC(=O)c1ccc(C2(NC(=O)C3(N(C)CCOc4ccccc4)CCOCC3)CC2)nc1. The highest BCUT2D eigenvalue weighted by Crippen LogP contribution is 2.45. The number of pyridine rings is 1. The highest BCUT2D eigenvalue weighted by molar-refractivity contribution is 5.89. The summed E-state index contributed by atoms with van der Waals surface area (Å²) in [6, 6.07) is 13.2. The summed E-state index contributed by atoms with van der Waals surface area (Å²) < 4.78 is 16.2. The number of ether oxygens (including phenoxy) is 3. The van der Waals surface area contributed by atoms with Crippen LogP contribution in [0.25, 0.3) is 0 Å². The van der Waals surface area contributed by atoms with E-state index in [-0.39, 0.29) is 5.91 Å². The topological polar surface area (TPSA) is 90.0 Å². The second-order valence-corrected chi connectivity index (χ2v) is 8.69. The van der Waals surface area contributed by atoms with Crippen molar-refractivity contribution >= 4 is 11.9 Å². The second kappa shape index (κ2) is 9.89. The summed E-state index contributed by atoms with van der Waals surface area (Å²) in [5, 5.41) is 3.29. The molecule has 1 aromatic heterocycles. The Labute approximate surface area is 194 Å². The minimum Gasteiger partial charge on any atom is -0.492 e. The molecule has 1 aliphatic carbocycles. The van der Waals surface area contributed by atoms with E-state index in [2.05, 4.69) is 15.2 Å². The number of nitrogens with one attached hydrogen (secondary N) is 1. The molecular formula is C25H31N3O5. The molecule has 4 rings (SSSR count). The van der Waals surface area contributed by atoms with Gasteiger partial charge in [0.15, 0.2) is 0 Å². The van der Waals surface area contributed by atoms with Gasteiger partial charge in [-0.1, -0.05) is 18.2 Å². The molecule has 0 bridgehead atoms. The standard InChI is InChI=1S/C25H31N3O5/c1-28(14-17-33-20-6-4-3-5-7-20)25(12-15-32-16-13-25)23(30)27-24(10-11-24)21-9-8-19(18-26-21)22(29)31-2/h3-9,18H,10-17H2,1-2H3,(H,27,30). The van der Waals surface area contributed by atoms with Gasteiger partial charge in [0.2, 0.25) is 5.91 Å². The van der Waals surface area contributed by atoms with Gasteiger partial charge in [-0.25, -0.2) is 4.79 Å². The number of nitrogens with zero attached hydrogens (tertiary/aromatic N) is 2. The molecule has 2 aromatic rings. The number of para-hydroxylation sites is 1. The third-order valence-electron chi connectivity index (χ3n) is 6.69. The molecule has 0 spiro atoms. The fourth-order valence-corrected chi connectivity index (χ4v) is 4.34. The average Bonchev–Trinajstić information content (AvgIpc) is 3.65. The summed E-state index contributed by atoms with van der Waals surface area (Å²) in [5.74, 6) is 0.377. The van der Waals surface area contributed by atoms with Gasteiger partial charge in [0.1, 0.15) is 17.9 Å². The number of hydrogen-bond donors (Lipinski definition) is 1. The first-order valence-electron chi connectivity index (χ1n) is 11.3. The van der Waals surface area contributed by atoms with Gasteiger partial charge >= 0.3 is 5.97 Å². The number of benzene rings is 1. The molecule has 33 heavy (non-hydrogen) atoms. The van der Waals surface area contributed by atoms with Crippen molar-refractivity contribution < 1.29 is 23.8 Å². The van der Waals surface area contributed by atoms with Gasteiger partial charge in [-0.3, -0.25) is 14.7 Å². The van der Waals surface area contributed by atoms with E-state index >= 15 is 0 Å². The van der Waals surface area contributed by atoms with E-state index in [0.29, 0.717) is 44.8 Å². The van der Waals surface area contributed by atoms with Crippen molar-refractivity contribution in [3.05, 3.63) is 59.9 Å². The zero-order valence-electron chi connectivity index (χ0n) is 19.2. The number of esters is 1. The molecule has 1 amide bonds. The van der Waals surface area contributed by atoms with E-state index < -0.39 is 17.0 Å². The molecule has 2 aliphatic rings. The molecule has 0 radical (unpaired) electrons. The van der Waals surface area contributed by atoms with Crippen molar-refractivity contribution in [2.24, 2.45) is 0 Å². The first kappa shape index (κ1) is 23.2. The lowest BCUT2D eigenvalue weighted by Gasteiger charge is -2.43. The maximum absolute atomic E-state index is 13.7. The number of amides is 1. The first-order valence-corrected chi connectivity index (χ1v) is 11.3. The minimum atomic E-state index is -0.667. The Morgan fingerprint density at radius 1 is 1.09 bits per heavy atom. The van der Waals surface area contributed by atoms with Crippen LogP contribution >= 0.6 is 0 Å². The third kappa shape index (κ3) is 5.02. The number of hydrogen-bond acceptors (Lipinski definition) is 7. The predicted molar refractivity (Wildman–Crippen MR) is 122 cm³/mol. The fourth-order valence-electron chi connectivity index (χ4n) is 4.34. The van der Waals surface area contributed by atoms with Gasteiger partial charge in [0.25, 0.3) is 0 Å². The van der Waals surface area contributed by atoms with Gasteiger partial charge in [-0.15, -0.1) is 0 Å². The first-order chi connectivity index (χ1) is 16.0. The molecule has 1 saturated carbocycles. The van der Waals surface area contributed by atoms with E-state index in [1.165, 1.54) is 13.3 Å². The van der Waals surface area contributed by atoms with Crippen molar-refractivity contribution in [2.45, 2.75) is 36.8 Å². The minimum absolute atomic E-state index is 0.00986. The van der Waals surface area contributed by atoms with Crippen LogP contribution in [-0.4, -0.2) is 67.8 Å². The Kier molecular flexibility index (Phi) is 6.95. The van der Waals surface area contributed by atoms with Gasteiger partial charge in [0, 0.05) is 26.0 Å². The monoisotopic (exact) mass is 453 g/mol. The summed E-state index contributed by atoms with van der Waals surface area (Å²) >= 11 is 0. The number of aromatic nitrogens is 1. The van der Waals surface area contributed by atoms with Gasteiger partial charge in [-0.2, -0.15) is 0 Å². The van der Waals surface area contributed by atoms with Gasteiger partial charge < -0.3 is 19.5 Å². The zero-order valence-corrected chi connectivity index (χ0v) is 19.2. The third-order valence-corrected chi connectivity index (χ3v) is 6.69. The van der Waals surface area contributed by atoms with Gasteiger partial charge in [0.05, 0.1) is 23.9 Å². The lowest BCUT2D eigenvalue weighted by atomic mass is 9.86. The fraction of sp³-hybridized carbons (Fsp3) is 0.480. The lowest BCUT2D eigenvalue weighted by molar-refractivity contribution is -0.141. The van der Waals surface area contributed by atoms with E-state index in [1.54, 1.807) is 12.1 Å². The molecule has 2 heterocycles. The number of likely N-dealkylation sites (N-methyl/N-ethyl adjacent to an activating group) is 1. The molecule has 1 aromatic carbocycles. The van der Waals surface area contributed by atoms with E-state index in [1.807, 2.05) is 37.4 Å². The molecule has 0 unspecified atom stereocenters. The Hall–Kier alpha value is -2.97. The lowest BCUT2D eigenvalue weighted by Crippen LogP contribution is -2.62. The van der Waals surface area contributed by atoms with Crippen molar-refractivity contribution in [1.29, 1.82) is 0 Å². The number of methoxy groups -OCH3 is 1. The van der Waals surface area contributed by atoms with Crippen LogP contribution in [0, 0.1) is 0 Å². The number of carbonyl (C=O) groups is 2. The van der Waals surface area contributed by atoms with Crippen LogP contribution in [0.2, 0.25) is 0 Å². The molecule has 1 aliphatic heterocycles. The molecule has 1 saturated heterocycles. The molecule has 1 N–H and O–H groups in total. The summed E-state index contributed by atoms with van der Waals surface area (Å²) in [5.41, 5.74) is 0.00124. The Morgan fingerprint density at radius 2 is 1.82 bits per heavy atom. The van der Waals surface area contributed by atoms with Crippen LogP contribution in [0.5, 0.6) is 5.75 Å². The zero-order chi connectivity index (χ0) is 23.3. The summed E-state index contributed by atoms with van der Waals surface area (Å²) in [4.78, 5) is 32.0. The molecular weight excluding hydrogens is 422 g/mol. The normalized spacial score (nSPS) is 18.4. The highest BCUT2D eigenvalue weighted by atomic mass is 16.5. The number of carbonyl (C=O) groups excluding carboxylic acids is 2. The smallest absolute Gasteiger partial charge is 0.339 e. The molecule has 8 heteroatoms. The second-order valence-electron chi connectivity index (χ2n) is 8.69. The van der Waals surface area contributed by atoms with Crippen LogP contribution in [0.4, 0.5) is 0 Å². The Balaban J connectivity index is 1.44. The maximum Gasteiger partial charge on any atom is 0.339 e. The van der Waals surface area contributed by atoms with Crippen molar-refractivity contribution in [3.8, 4) is 5.75 Å². The van der Waals surface area contributed by atoms with E-state index in [0.717, 1.165) is 24.3 Å². The van der Waals surface area contributed by atoms with Crippen LogP contribution in [-0.2, 0) is 19.8 Å². The van der Waals surface area contributed by atoms with E-state index in [9.17, 15) is 9.59 Å². The molecule has 8 nitrogen and oxygen atoms in total. The Morgan fingerprint density at radius 3 is 2.42 bits per heavy atom. The molecule has 2 fully saturated rings. The quantitative estimate of drug-likeness (QED) is 0.584. The summed E-state index contributed by atoms with van der Waals surface area (Å²) in [6.45, 7) is 2.17. The summed E-state index contributed by atoms with van der Waals surface area (Å²) in [7, 11) is 3.32. The van der Waals surface area contributed by atoms with E-state index in [4.69, 9.17) is 14.2 Å². The van der Waals surface area contributed by atoms with Crippen LogP contribution in [0.1, 0.15) is 41.7 Å².